The highest BCUT2D eigenvalue weighted by molar-refractivity contribution is 5.26. The van der Waals surface area contributed by atoms with Crippen LogP contribution in [-0.2, 0) is 12.6 Å². The third-order valence-corrected chi connectivity index (χ3v) is 3.62. The molecule has 1 aliphatic rings. The van der Waals surface area contributed by atoms with Gasteiger partial charge in [-0.1, -0.05) is 12.1 Å². The molecule has 4 heteroatoms. The fraction of sp³-hybridized carbons (Fsp3) is 0.538. The van der Waals surface area contributed by atoms with Crippen molar-refractivity contribution in [1.82, 2.24) is 0 Å². The fourth-order valence-electron chi connectivity index (χ4n) is 2.12. The summed E-state index contributed by atoms with van der Waals surface area (Å²) < 4.78 is 37.1. The van der Waals surface area contributed by atoms with Gasteiger partial charge in [0.1, 0.15) is 0 Å². The third-order valence-electron chi connectivity index (χ3n) is 3.62. The molecule has 1 fully saturated rings. The van der Waals surface area contributed by atoms with E-state index in [1.54, 1.807) is 6.92 Å². The lowest BCUT2D eigenvalue weighted by Gasteiger charge is -2.18. The quantitative estimate of drug-likeness (QED) is 0.863. The zero-order chi connectivity index (χ0) is 12.7. The van der Waals surface area contributed by atoms with Crippen molar-refractivity contribution in [2.75, 3.05) is 0 Å². The molecule has 1 nitrogen and oxygen atoms in total. The molecule has 1 aromatic carbocycles. The van der Waals surface area contributed by atoms with Crippen LogP contribution in [0.25, 0.3) is 0 Å². The van der Waals surface area contributed by atoms with Gasteiger partial charge in [0.2, 0.25) is 0 Å². The first-order chi connectivity index (χ1) is 7.83. The van der Waals surface area contributed by atoms with Crippen LogP contribution in [0.2, 0.25) is 0 Å². The average Bonchev–Trinajstić information content (AvgIpc) is 2.98. The number of halogens is 3. The van der Waals surface area contributed by atoms with Gasteiger partial charge in [-0.15, -0.1) is 0 Å². The van der Waals surface area contributed by atoms with E-state index in [1.807, 2.05) is 0 Å². The highest BCUT2D eigenvalue weighted by Gasteiger charge is 2.46. The van der Waals surface area contributed by atoms with E-state index in [2.05, 4.69) is 0 Å². The summed E-state index contributed by atoms with van der Waals surface area (Å²) in [7, 11) is 0. The van der Waals surface area contributed by atoms with E-state index in [0.717, 1.165) is 30.5 Å². The first kappa shape index (κ1) is 12.4. The van der Waals surface area contributed by atoms with Crippen molar-refractivity contribution in [3.8, 4) is 0 Å². The molecule has 1 saturated carbocycles. The highest BCUT2D eigenvalue weighted by Crippen LogP contribution is 2.51. The molecule has 0 aromatic heterocycles. The lowest BCUT2D eigenvalue weighted by Crippen LogP contribution is -2.20. The van der Waals surface area contributed by atoms with Crippen molar-refractivity contribution in [3.63, 3.8) is 0 Å². The van der Waals surface area contributed by atoms with Gasteiger partial charge in [-0.3, -0.25) is 0 Å². The largest absolute Gasteiger partial charge is 0.416 e. The number of rotatable bonds is 3. The smallest absolute Gasteiger partial charge is 0.393 e. The zero-order valence-corrected chi connectivity index (χ0v) is 9.59. The molecule has 1 N–H and O–H groups in total. The van der Waals surface area contributed by atoms with E-state index in [0.29, 0.717) is 6.42 Å². The van der Waals surface area contributed by atoms with Crippen molar-refractivity contribution in [2.45, 2.75) is 38.5 Å². The van der Waals surface area contributed by atoms with E-state index < -0.39 is 17.8 Å². The van der Waals surface area contributed by atoms with Gasteiger partial charge in [-0.2, -0.15) is 13.2 Å². The first-order valence-electron chi connectivity index (χ1n) is 5.68. The zero-order valence-electron chi connectivity index (χ0n) is 9.59. The summed E-state index contributed by atoms with van der Waals surface area (Å²) >= 11 is 0. The molecule has 0 heterocycles. The fourth-order valence-corrected chi connectivity index (χ4v) is 2.12. The van der Waals surface area contributed by atoms with Crippen LogP contribution in [0.1, 0.15) is 30.9 Å². The summed E-state index contributed by atoms with van der Waals surface area (Å²) in [5.74, 6) is 0. The van der Waals surface area contributed by atoms with Crippen molar-refractivity contribution in [2.24, 2.45) is 5.41 Å². The Balaban J connectivity index is 2.09. The van der Waals surface area contributed by atoms with Gasteiger partial charge in [0.05, 0.1) is 11.7 Å². The monoisotopic (exact) mass is 244 g/mol. The summed E-state index contributed by atoms with van der Waals surface area (Å²) in [6.45, 7) is 1.75. The lowest BCUT2D eigenvalue weighted by molar-refractivity contribution is -0.137. The van der Waals surface area contributed by atoms with E-state index >= 15 is 0 Å². The van der Waals surface area contributed by atoms with Gasteiger partial charge in [0.15, 0.2) is 0 Å². The number of hydrogen-bond donors (Lipinski definition) is 1. The minimum atomic E-state index is -4.28. The first-order valence-corrected chi connectivity index (χ1v) is 5.68. The summed E-state index contributed by atoms with van der Waals surface area (Å²) in [6, 6.07) is 5.22. The Hall–Kier alpha value is -1.03. The van der Waals surface area contributed by atoms with Crippen molar-refractivity contribution < 1.29 is 18.3 Å². The molecule has 0 radical (unpaired) electrons. The molecule has 0 saturated heterocycles. The molecule has 94 valence electrons. The van der Waals surface area contributed by atoms with Crippen LogP contribution in [0.4, 0.5) is 13.2 Å². The normalized spacial score (nSPS) is 20.1. The SMILES string of the molecule is CC(O)C1(Cc2ccc(C(F)(F)F)cc2)CC1. The van der Waals surface area contributed by atoms with E-state index in [-0.39, 0.29) is 5.41 Å². The van der Waals surface area contributed by atoms with Crippen molar-refractivity contribution >= 4 is 0 Å². The Morgan fingerprint density at radius 3 is 2.12 bits per heavy atom. The molecule has 0 bridgehead atoms. The number of aliphatic hydroxyl groups excluding tert-OH is 1. The molecule has 1 unspecified atom stereocenters. The molecule has 0 spiro atoms. The number of benzene rings is 1. The summed E-state index contributed by atoms with van der Waals surface area (Å²) in [5.41, 5.74) is 0.138. The maximum atomic E-state index is 12.4. The predicted molar refractivity (Wildman–Crippen MR) is 58.5 cm³/mol. The van der Waals surface area contributed by atoms with Crippen LogP contribution in [0.15, 0.2) is 24.3 Å². The summed E-state index contributed by atoms with van der Waals surface area (Å²) in [4.78, 5) is 0. The minimum absolute atomic E-state index is 0.0975. The molecule has 0 aliphatic heterocycles. The van der Waals surface area contributed by atoms with Gasteiger partial charge in [0.25, 0.3) is 0 Å². The molecule has 17 heavy (non-hydrogen) atoms. The third kappa shape index (κ3) is 2.63. The number of aliphatic hydroxyl groups is 1. The van der Waals surface area contributed by atoms with Crippen LogP contribution in [0, 0.1) is 5.41 Å². The van der Waals surface area contributed by atoms with Gasteiger partial charge in [0, 0.05) is 5.41 Å². The average molecular weight is 244 g/mol. The van der Waals surface area contributed by atoms with Crippen molar-refractivity contribution in [1.29, 1.82) is 0 Å². The lowest BCUT2D eigenvalue weighted by atomic mass is 9.91. The van der Waals surface area contributed by atoms with Crippen LogP contribution >= 0.6 is 0 Å². The van der Waals surface area contributed by atoms with Gasteiger partial charge >= 0.3 is 6.18 Å². The van der Waals surface area contributed by atoms with E-state index in [9.17, 15) is 18.3 Å². The molecule has 1 atom stereocenters. The molecule has 0 amide bonds. The molecule has 1 aliphatic carbocycles. The van der Waals surface area contributed by atoms with Crippen molar-refractivity contribution in [3.05, 3.63) is 35.4 Å². The van der Waals surface area contributed by atoms with Gasteiger partial charge < -0.3 is 5.11 Å². The topological polar surface area (TPSA) is 20.2 Å². The number of alkyl halides is 3. The van der Waals surface area contributed by atoms with E-state index in [4.69, 9.17) is 0 Å². The molecular weight excluding hydrogens is 229 g/mol. The van der Waals surface area contributed by atoms with Crippen LogP contribution in [0.5, 0.6) is 0 Å². The molecular formula is C13H15F3O. The molecule has 2 rings (SSSR count). The van der Waals surface area contributed by atoms with Crippen LogP contribution in [-0.4, -0.2) is 11.2 Å². The molecule has 1 aromatic rings. The summed E-state index contributed by atoms with van der Waals surface area (Å²) in [6.07, 6.45) is -2.12. The minimum Gasteiger partial charge on any atom is -0.393 e. The second-order valence-electron chi connectivity index (χ2n) is 4.91. The number of hydrogen-bond acceptors (Lipinski definition) is 1. The summed E-state index contributed by atoms with van der Waals surface area (Å²) in [5, 5.41) is 9.61. The van der Waals surface area contributed by atoms with Crippen LogP contribution < -0.4 is 0 Å². The Morgan fingerprint density at radius 1 is 1.24 bits per heavy atom. The van der Waals surface area contributed by atoms with Gasteiger partial charge in [-0.05, 0) is 43.9 Å². The Labute approximate surface area is 98.3 Å². The Morgan fingerprint density at radius 2 is 1.76 bits per heavy atom. The van der Waals surface area contributed by atoms with Gasteiger partial charge in [-0.25, -0.2) is 0 Å². The Bertz CT molecular complexity index is 388. The van der Waals surface area contributed by atoms with E-state index in [1.165, 1.54) is 12.1 Å². The Kier molecular flexibility index (Phi) is 2.94. The highest BCUT2D eigenvalue weighted by atomic mass is 19.4. The maximum Gasteiger partial charge on any atom is 0.416 e. The second kappa shape index (κ2) is 4.02. The standard InChI is InChI=1S/C13H15F3O/c1-9(17)12(6-7-12)8-10-2-4-11(5-3-10)13(14,15)16/h2-5,9,17H,6-8H2,1H3. The predicted octanol–water partition coefficient (Wildman–Crippen LogP) is 3.41. The second-order valence-corrected chi connectivity index (χ2v) is 4.91. The maximum absolute atomic E-state index is 12.4. The van der Waals surface area contributed by atoms with Crippen LogP contribution in [0.3, 0.4) is 0 Å².